The number of nitrogens with zero attached hydrogens (tertiary/aromatic N) is 2. The molecule has 2 saturated heterocycles. The Bertz CT molecular complexity index is 1060. The Hall–Kier alpha value is -2.26. The third-order valence-corrected chi connectivity index (χ3v) is 7.86. The largest absolute Gasteiger partial charge is 0.313 e. The summed E-state index contributed by atoms with van der Waals surface area (Å²) in [5.74, 6) is -2.19. The molecule has 0 bridgehead atoms. The van der Waals surface area contributed by atoms with Gasteiger partial charge in [0.15, 0.2) is 15.0 Å². The van der Waals surface area contributed by atoms with E-state index in [1.54, 1.807) is 12.1 Å². The zero-order valence-electron chi connectivity index (χ0n) is 14.6. The summed E-state index contributed by atoms with van der Waals surface area (Å²) in [6, 6.07) is 11.6. The first-order valence-electron chi connectivity index (χ1n) is 8.59. The number of fused-ring (bicyclic) bond motifs is 1. The number of amidine groups is 1. The Morgan fingerprint density at radius 1 is 1.14 bits per heavy atom. The van der Waals surface area contributed by atoms with E-state index in [-0.39, 0.29) is 34.0 Å². The maximum atomic E-state index is 14.4. The Kier molecular flexibility index (Phi) is 4.96. The Balaban J connectivity index is 1.68. The molecule has 0 saturated carbocycles. The van der Waals surface area contributed by atoms with E-state index >= 15 is 0 Å². The van der Waals surface area contributed by atoms with Gasteiger partial charge in [-0.2, -0.15) is 4.99 Å². The molecule has 9 heteroatoms. The summed E-state index contributed by atoms with van der Waals surface area (Å²) in [7, 11) is -3.27. The average molecular weight is 422 g/mol. The zero-order chi connectivity index (χ0) is 19.9. The normalized spacial score (nSPS) is 24.5. The molecule has 4 rings (SSSR count). The first-order valence-corrected chi connectivity index (χ1v) is 11.3. The van der Waals surface area contributed by atoms with Crippen LogP contribution in [-0.2, 0) is 21.1 Å². The Morgan fingerprint density at radius 2 is 1.89 bits per heavy atom. The van der Waals surface area contributed by atoms with Gasteiger partial charge in [-0.05, 0) is 17.7 Å². The monoisotopic (exact) mass is 422 g/mol. The highest BCUT2D eigenvalue weighted by Crippen LogP contribution is 2.41. The van der Waals surface area contributed by atoms with Crippen LogP contribution in [0.25, 0.3) is 0 Å². The smallest absolute Gasteiger partial charge is 0.252 e. The minimum absolute atomic E-state index is 0.0183. The van der Waals surface area contributed by atoms with Crippen LogP contribution in [0.3, 0.4) is 0 Å². The predicted octanol–water partition coefficient (Wildman–Crippen LogP) is 2.81. The lowest BCUT2D eigenvalue weighted by Crippen LogP contribution is -2.38. The summed E-state index contributed by atoms with van der Waals surface area (Å²) >= 11 is 1.15. The van der Waals surface area contributed by atoms with Gasteiger partial charge in [-0.3, -0.25) is 4.79 Å². The van der Waals surface area contributed by atoms with Crippen LogP contribution in [0.4, 0.5) is 14.5 Å². The van der Waals surface area contributed by atoms with Crippen LogP contribution in [0.1, 0.15) is 5.56 Å². The molecule has 28 heavy (non-hydrogen) atoms. The molecule has 0 spiro atoms. The highest BCUT2D eigenvalue weighted by Gasteiger charge is 2.50. The minimum Gasteiger partial charge on any atom is -0.313 e. The first kappa shape index (κ1) is 19.1. The molecule has 0 radical (unpaired) electrons. The number of amides is 1. The fourth-order valence-corrected chi connectivity index (χ4v) is 7.36. The van der Waals surface area contributed by atoms with Gasteiger partial charge in [0.25, 0.3) is 5.91 Å². The molecule has 0 aromatic heterocycles. The molecular weight excluding hydrogens is 406 g/mol. The molecule has 146 valence electrons. The summed E-state index contributed by atoms with van der Waals surface area (Å²) in [6.45, 7) is 0. The van der Waals surface area contributed by atoms with Gasteiger partial charge in [0, 0.05) is 11.3 Å². The number of rotatable bonds is 3. The Labute approximate surface area is 165 Å². The molecule has 2 aliphatic rings. The molecule has 2 aromatic carbocycles. The second kappa shape index (κ2) is 7.29. The number of benzene rings is 2. The van der Waals surface area contributed by atoms with Crippen molar-refractivity contribution >= 4 is 38.4 Å². The quantitative estimate of drug-likeness (QED) is 0.761. The lowest BCUT2D eigenvalue weighted by molar-refractivity contribution is -0.117. The van der Waals surface area contributed by atoms with Crippen molar-refractivity contribution in [2.75, 3.05) is 16.4 Å². The molecule has 1 amide bonds. The molecule has 2 aliphatic heterocycles. The number of hydrogen-bond donors (Lipinski definition) is 0. The van der Waals surface area contributed by atoms with Crippen molar-refractivity contribution in [1.82, 2.24) is 0 Å². The van der Waals surface area contributed by atoms with E-state index in [1.165, 1.54) is 11.0 Å². The van der Waals surface area contributed by atoms with Crippen LogP contribution < -0.4 is 4.90 Å². The Morgan fingerprint density at radius 3 is 2.61 bits per heavy atom. The highest BCUT2D eigenvalue weighted by atomic mass is 32.2. The average Bonchev–Trinajstić information content (AvgIpc) is 3.07. The molecular formula is C19H16F2N2O3S2. The molecule has 0 unspecified atom stereocenters. The number of carbonyl (C=O) groups is 1. The molecule has 5 nitrogen and oxygen atoms in total. The minimum atomic E-state index is -3.27. The van der Waals surface area contributed by atoms with Gasteiger partial charge in [0.2, 0.25) is 0 Å². The van der Waals surface area contributed by atoms with Crippen LogP contribution in [0, 0.1) is 11.6 Å². The van der Waals surface area contributed by atoms with E-state index < -0.39 is 33.4 Å². The fraction of sp³-hybridized carbons (Fsp3) is 0.263. The van der Waals surface area contributed by atoms with E-state index in [0.29, 0.717) is 0 Å². The van der Waals surface area contributed by atoms with E-state index in [9.17, 15) is 22.0 Å². The molecule has 0 aliphatic carbocycles. The van der Waals surface area contributed by atoms with Crippen molar-refractivity contribution in [3.8, 4) is 0 Å². The zero-order valence-corrected chi connectivity index (χ0v) is 16.2. The molecule has 0 N–H and O–H groups in total. The van der Waals surface area contributed by atoms with Crippen LogP contribution in [0.2, 0.25) is 0 Å². The van der Waals surface area contributed by atoms with E-state index in [2.05, 4.69) is 4.99 Å². The highest BCUT2D eigenvalue weighted by molar-refractivity contribution is 8.16. The fourth-order valence-electron chi connectivity index (χ4n) is 3.44. The number of thioether (sulfide) groups is 1. The lowest BCUT2D eigenvalue weighted by Gasteiger charge is -2.24. The van der Waals surface area contributed by atoms with Gasteiger partial charge in [0.1, 0.15) is 11.6 Å². The SMILES string of the molecule is O=C(Cc1ccccc1)N=C1S[C@@H]2CS(=O)(=O)C[C@H]2N1c1ccc(F)cc1F. The molecule has 2 heterocycles. The maximum Gasteiger partial charge on any atom is 0.252 e. The third-order valence-electron chi connectivity index (χ3n) is 4.65. The van der Waals surface area contributed by atoms with Crippen LogP contribution >= 0.6 is 11.8 Å². The van der Waals surface area contributed by atoms with E-state index in [1.807, 2.05) is 18.2 Å². The molecule has 2 fully saturated rings. The van der Waals surface area contributed by atoms with Crippen LogP contribution in [0.5, 0.6) is 0 Å². The van der Waals surface area contributed by atoms with Crippen LogP contribution in [0.15, 0.2) is 53.5 Å². The topological polar surface area (TPSA) is 66.8 Å². The van der Waals surface area contributed by atoms with Gasteiger partial charge < -0.3 is 4.90 Å². The number of sulfone groups is 1. The van der Waals surface area contributed by atoms with Gasteiger partial charge in [0.05, 0.1) is 29.7 Å². The van der Waals surface area contributed by atoms with E-state index in [4.69, 9.17) is 0 Å². The first-order chi connectivity index (χ1) is 13.3. The summed E-state index contributed by atoms with van der Waals surface area (Å²) in [4.78, 5) is 18.0. The molecule has 2 atom stereocenters. The second-order valence-electron chi connectivity index (χ2n) is 6.72. The van der Waals surface area contributed by atoms with Crippen molar-refractivity contribution in [2.24, 2.45) is 4.99 Å². The standard InChI is InChI=1S/C19H16F2N2O3S2/c20-13-6-7-15(14(21)9-13)23-16-10-28(25,26)11-17(16)27-19(23)22-18(24)8-12-4-2-1-3-5-12/h1-7,9,16-17H,8,10-11H2/t16-,17-/m1/s1. The summed E-state index contributed by atoms with van der Waals surface area (Å²) < 4.78 is 51.8. The summed E-state index contributed by atoms with van der Waals surface area (Å²) in [5.41, 5.74) is 0.812. The number of hydrogen-bond acceptors (Lipinski definition) is 4. The van der Waals surface area contributed by atoms with Crippen molar-refractivity contribution in [2.45, 2.75) is 17.7 Å². The van der Waals surface area contributed by atoms with Gasteiger partial charge in [-0.25, -0.2) is 17.2 Å². The van der Waals surface area contributed by atoms with E-state index in [0.717, 1.165) is 29.5 Å². The van der Waals surface area contributed by atoms with Crippen molar-refractivity contribution < 1.29 is 22.0 Å². The molecule has 2 aromatic rings. The predicted molar refractivity (Wildman–Crippen MR) is 105 cm³/mol. The van der Waals surface area contributed by atoms with Gasteiger partial charge in [-0.15, -0.1) is 0 Å². The number of halogens is 2. The maximum absolute atomic E-state index is 14.4. The van der Waals surface area contributed by atoms with Gasteiger partial charge in [-0.1, -0.05) is 42.1 Å². The lowest BCUT2D eigenvalue weighted by atomic mass is 10.1. The number of anilines is 1. The van der Waals surface area contributed by atoms with Crippen molar-refractivity contribution in [1.29, 1.82) is 0 Å². The summed E-state index contributed by atoms with van der Waals surface area (Å²) in [5, 5.41) is -0.103. The van der Waals surface area contributed by atoms with Crippen LogP contribution in [-0.4, -0.2) is 42.3 Å². The third kappa shape index (κ3) is 3.81. The van der Waals surface area contributed by atoms with Crippen molar-refractivity contribution in [3.63, 3.8) is 0 Å². The second-order valence-corrected chi connectivity index (χ2v) is 10.1. The summed E-state index contributed by atoms with van der Waals surface area (Å²) in [6.07, 6.45) is 0.0816. The number of aliphatic imine (C=N–C) groups is 1. The number of carbonyl (C=O) groups excluding carboxylic acids is 1. The van der Waals surface area contributed by atoms with Crippen molar-refractivity contribution in [3.05, 3.63) is 65.7 Å². The van der Waals surface area contributed by atoms with Gasteiger partial charge >= 0.3 is 0 Å².